The molecule has 0 spiro atoms. The van der Waals surface area contributed by atoms with Crippen LogP contribution in [0.25, 0.3) is 0 Å². The molecule has 0 radical (unpaired) electrons. The van der Waals surface area contributed by atoms with Crippen LogP contribution in [0.2, 0.25) is 5.15 Å². The smallest absolute Gasteiger partial charge is 0.274 e. The zero-order valence-electron chi connectivity index (χ0n) is 10.9. The summed E-state index contributed by atoms with van der Waals surface area (Å²) in [6.45, 7) is 2.53. The van der Waals surface area contributed by atoms with E-state index in [0.717, 1.165) is 24.3 Å². The molecule has 3 heterocycles. The first-order valence-electron chi connectivity index (χ1n) is 6.38. The second-order valence-electron chi connectivity index (χ2n) is 4.77. The maximum atomic E-state index is 12.5. The molecule has 1 aliphatic rings. The molecule has 1 saturated heterocycles. The van der Waals surface area contributed by atoms with E-state index in [0.29, 0.717) is 6.54 Å². The highest BCUT2D eigenvalue weighted by Crippen LogP contribution is 2.33. The van der Waals surface area contributed by atoms with Crippen LogP contribution in [0.4, 0.5) is 0 Å². The van der Waals surface area contributed by atoms with Gasteiger partial charge in [0.05, 0.1) is 11.7 Å². The summed E-state index contributed by atoms with van der Waals surface area (Å²) < 4.78 is 5.28. The lowest BCUT2D eigenvalue weighted by molar-refractivity contribution is 0.0707. The Kier molecular flexibility index (Phi) is 3.40. The lowest BCUT2D eigenvalue weighted by Gasteiger charge is -2.21. The van der Waals surface area contributed by atoms with Crippen molar-refractivity contribution in [2.75, 3.05) is 6.54 Å². The number of aryl methyl sites for hydroxylation is 1. The number of carbonyl (C=O) groups excluding carboxylic acids is 1. The minimum Gasteiger partial charge on any atom is -0.359 e. The van der Waals surface area contributed by atoms with E-state index in [4.69, 9.17) is 16.1 Å². The average Bonchev–Trinajstić information content (AvgIpc) is 3.07. The molecule has 20 heavy (non-hydrogen) atoms. The molecular weight excluding hydrogens is 280 g/mol. The summed E-state index contributed by atoms with van der Waals surface area (Å²) in [4.78, 5) is 14.2. The van der Waals surface area contributed by atoms with Crippen LogP contribution < -0.4 is 0 Å². The summed E-state index contributed by atoms with van der Waals surface area (Å²) in [7, 11) is 0. The van der Waals surface area contributed by atoms with Crippen LogP contribution in [0.15, 0.2) is 22.7 Å². The second kappa shape index (κ2) is 5.20. The summed E-state index contributed by atoms with van der Waals surface area (Å²) >= 11 is 5.68. The maximum Gasteiger partial charge on any atom is 0.274 e. The van der Waals surface area contributed by atoms with Crippen LogP contribution in [0, 0.1) is 6.92 Å². The molecule has 7 heteroatoms. The fraction of sp³-hybridized carbons (Fsp3) is 0.385. The van der Waals surface area contributed by atoms with Crippen molar-refractivity contribution in [3.05, 3.63) is 40.5 Å². The van der Waals surface area contributed by atoms with Gasteiger partial charge >= 0.3 is 0 Å². The maximum absolute atomic E-state index is 12.5. The van der Waals surface area contributed by atoms with Crippen LogP contribution in [0.3, 0.4) is 0 Å². The molecule has 0 saturated carbocycles. The normalized spacial score (nSPS) is 18.5. The number of likely N-dealkylation sites (tertiary alicyclic amines) is 1. The van der Waals surface area contributed by atoms with Crippen molar-refractivity contribution in [1.29, 1.82) is 0 Å². The number of halogens is 1. The zero-order valence-corrected chi connectivity index (χ0v) is 11.7. The second-order valence-corrected chi connectivity index (χ2v) is 5.16. The van der Waals surface area contributed by atoms with Gasteiger partial charge in [0.25, 0.3) is 5.91 Å². The summed E-state index contributed by atoms with van der Waals surface area (Å²) in [6.07, 6.45) is 1.79. The van der Waals surface area contributed by atoms with E-state index in [1.165, 1.54) is 0 Å². The Bertz CT molecular complexity index is 626. The first-order valence-corrected chi connectivity index (χ1v) is 6.76. The van der Waals surface area contributed by atoms with Gasteiger partial charge in [0, 0.05) is 12.6 Å². The minimum atomic E-state index is -0.161. The third-order valence-electron chi connectivity index (χ3n) is 3.34. The van der Waals surface area contributed by atoms with Crippen molar-refractivity contribution in [3.8, 4) is 0 Å². The third-order valence-corrected chi connectivity index (χ3v) is 3.54. The van der Waals surface area contributed by atoms with Gasteiger partial charge < -0.3 is 9.42 Å². The molecule has 104 valence electrons. The Morgan fingerprint density at radius 2 is 2.30 bits per heavy atom. The van der Waals surface area contributed by atoms with Gasteiger partial charge in [-0.2, -0.15) is 0 Å². The molecular formula is C13H13ClN4O2. The van der Waals surface area contributed by atoms with Crippen molar-refractivity contribution in [1.82, 2.24) is 20.3 Å². The molecule has 6 nitrogen and oxygen atoms in total. The predicted molar refractivity (Wildman–Crippen MR) is 71.3 cm³/mol. The van der Waals surface area contributed by atoms with Gasteiger partial charge in [-0.1, -0.05) is 16.8 Å². The van der Waals surface area contributed by atoms with E-state index in [-0.39, 0.29) is 22.8 Å². The zero-order chi connectivity index (χ0) is 14.1. The Morgan fingerprint density at radius 1 is 1.45 bits per heavy atom. The highest BCUT2D eigenvalue weighted by atomic mass is 35.5. The summed E-state index contributed by atoms with van der Waals surface area (Å²) in [5.74, 6) is 0.556. The minimum absolute atomic E-state index is 0.0822. The first-order chi connectivity index (χ1) is 9.65. The van der Waals surface area contributed by atoms with Gasteiger partial charge in [0.15, 0.2) is 16.6 Å². The Morgan fingerprint density at radius 3 is 2.95 bits per heavy atom. The average molecular weight is 293 g/mol. The summed E-state index contributed by atoms with van der Waals surface area (Å²) in [6, 6.07) is 4.93. The van der Waals surface area contributed by atoms with Gasteiger partial charge in [-0.15, -0.1) is 10.2 Å². The topological polar surface area (TPSA) is 72.1 Å². The highest BCUT2D eigenvalue weighted by Gasteiger charge is 2.33. The van der Waals surface area contributed by atoms with Gasteiger partial charge in [-0.3, -0.25) is 4.79 Å². The van der Waals surface area contributed by atoms with Gasteiger partial charge in [-0.25, -0.2) is 0 Å². The van der Waals surface area contributed by atoms with Crippen molar-refractivity contribution in [3.63, 3.8) is 0 Å². The molecule has 1 amide bonds. The van der Waals surface area contributed by atoms with Crippen molar-refractivity contribution in [2.45, 2.75) is 25.8 Å². The van der Waals surface area contributed by atoms with Gasteiger partial charge in [0.1, 0.15) is 0 Å². The van der Waals surface area contributed by atoms with E-state index in [1.807, 2.05) is 13.0 Å². The first kappa shape index (κ1) is 13.1. The quantitative estimate of drug-likeness (QED) is 0.850. The molecule has 1 fully saturated rings. The van der Waals surface area contributed by atoms with Gasteiger partial charge in [0.2, 0.25) is 0 Å². The van der Waals surface area contributed by atoms with Crippen LogP contribution >= 0.6 is 11.6 Å². The largest absolute Gasteiger partial charge is 0.359 e. The van der Waals surface area contributed by atoms with Crippen molar-refractivity contribution >= 4 is 17.5 Å². The fourth-order valence-electron chi connectivity index (χ4n) is 2.42. The molecule has 1 atom stereocenters. The molecule has 0 bridgehead atoms. The fourth-order valence-corrected chi connectivity index (χ4v) is 2.52. The number of nitrogens with zero attached hydrogens (tertiary/aromatic N) is 4. The number of rotatable bonds is 2. The van der Waals surface area contributed by atoms with Crippen LogP contribution in [-0.2, 0) is 0 Å². The van der Waals surface area contributed by atoms with Crippen molar-refractivity contribution in [2.24, 2.45) is 0 Å². The van der Waals surface area contributed by atoms with E-state index < -0.39 is 0 Å². The van der Waals surface area contributed by atoms with Crippen molar-refractivity contribution < 1.29 is 9.32 Å². The number of carbonyl (C=O) groups is 1. The number of amides is 1. The molecule has 2 aromatic heterocycles. The Balaban J connectivity index is 1.85. The molecule has 0 aromatic carbocycles. The molecule has 0 aliphatic carbocycles. The number of aromatic nitrogens is 3. The van der Waals surface area contributed by atoms with Crippen LogP contribution in [-0.4, -0.2) is 32.7 Å². The molecule has 0 N–H and O–H groups in total. The van der Waals surface area contributed by atoms with Crippen LogP contribution in [0.5, 0.6) is 0 Å². The van der Waals surface area contributed by atoms with E-state index >= 15 is 0 Å². The van der Waals surface area contributed by atoms with Crippen LogP contribution in [0.1, 0.15) is 40.8 Å². The van der Waals surface area contributed by atoms with E-state index in [1.54, 1.807) is 17.0 Å². The van der Waals surface area contributed by atoms with E-state index in [9.17, 15) is 4.79 Å². The number of hydrogen-bond acceptors (Lipinski definition) is 5. The Hall–Kier alpha value is -1.95. The monoisotopic (exact) mass is 292 g/mol. The summed E-state index contributed by atoms with van der Waals surface area (Å²) in [5.41, 5.74) is 1.10. The Labute approximate surface area is 120 Å². The number of hydrogen-bond donors (Lipinski definition) is 0. The summed E-state index contributed by atoms with van der Waals surface area (Å²) in [5, 5.41) is 11.7. The standard InChI is InChI=1S/C13H13ClN4O2/c1-8-7-11(20-17-8)10-3-2-6-18(10)13(19)9-4-5-12(14)16-15-9/h4-5,7,10H,2-3,6H2,1H3. The molecule has 1 aliphatic heterocycles. The lowest BCUT2D eigenvalue weighted by atomic mass is 10.1. The molecule has 3 rings (SSSR count). The molecule has 2 aromatic rings. The molecule has 1 unspecified atom stereocenters. The lowest BCUT2D eigenvalue weighted by Crippen LogP contribution is -2.31. The third kappa shape index (κ3) is 2.38. The van der Waals surface area contributed by atoms with E-state index in [2.05, 4.69) is 15.4 Å². The predicted octanol–water partition coefficient (Wildman–Crippen LogP) is 2.40. The SMILES string of the molecule is Cc1cc(C2CCCN2C(=O)c2ccc(Cl)nn2)on1. The van der Waals surface area contributed by atoms with Gasteiger partial charge in [-0.05, 0) is 31.9 Å². The highest BCUT2D eigenvalue weighted by molar-refractivity contribution is 6.29.